The quantitative estimate of drug-likeness (QED) is 0.648. The molecule has 1 aliphatic heterocycles. The van der Waals surface area contributed by atoms with Crippen LogP contribution in [0.1, 0.15) is 44.0 Å². The van der Waals surface area contributed by atoms with Gasteiger partial charge in [-0.3, -0.25) is 0 Å². The van der Waals surface area contributed by atoms with Crippen molar-refractivity contribution in [2.75, 3.05) is 20.7 Å². The van der Waals surface area contributed by atoms with E-state index >= 15 is 0 Å². The largest absolute Gasteiger partial charge is 0.491 e. The van der Waals surface area contributed by atoms with E-state index < -0.39 is 24.3 Å². The minimum absolute atomic E-state index is 0.251. The zero-order valence-electron chi connectivity index (χ0n) is 15.5. The van der Waals surface area contributed by atoms with Crippen LogP contribution in [-0.2, 0) is 21.1 Å². The van der Waals surface area contributed by atoms with E-state index in [0.29, 0.717) is 12.2 Å². The summed E-state index contributed by atoms with van der Waals surface area (Å²) in [7, 11) is 4.48. The van der Waals surface area contributed by atoms with Gasteiger partial charge in [0, 0.05) is 19.8 Å². The lowest BCUT2D eigenvalue weighted by Crippen LogP contribution is -2.41. The number of likely N-dealkylation sites (N-methyl/N-ethyl adjacent to an activating group) is 1. The molecule has 1 fully saturated rings. The Hall–Kier alpha value is -1.64. The molecule has 1 aliphatic rings. The van der Waals surface area contributed by atoms with E-state index in [-0.39, 0.29) is 5.82 Å². The summed E-state index contributed by atoms with van der Waals surface area (Å²) in [5.74, 6) is -0.218. The number of nitrogens with zero attached hydrogens (tertiary/aromatic N) is 2. The van der Waals surface area contributed by atoms with Gasteiger partial charge in [-0.1, -0.05) is 0 Å². The van der Waals surface area contributed by atoms with Crippen molar-refractivity contribution in [2.45, 2.75) is 38.9 Å². The molecule has 0 aromatic carbocycles. The highest BCUT2D eigenvalue weighted by Gasteiger charge is 2.52. The van der Waals surface area contributed by atoms with E-state index in [4.69, 9.17) is 14.0 Å². The Balaban J connectivity index is 2.32. The molecule has 1 saturated heterocycles. The number of hydrogen-bond acceptors (Lipinski definition) is 6. The minimum atomic E-state index is -0.469. The van der Waals surface area contributed by atoms with Gasteiger partial charge in [0.15, 0.2) is 0 Å². The molecule has 8 heteroatoms. The first-order valence-electron chi connectivity index (χ1n) is 7.93. The molecule has 0 amide bonds. The first kappa shape index (κ1) is 18.7. The molecule has 0 saturated carbocycles. The van der Waals surface area contributed by atoms with Crippen molar-refractivity contribution in [3.05, 3.63) is 23.2 Å². The topological polar surface area (TPSA) is 74.6 Å². The number of carbonyl (C=O) groups excluding carboxylic acids is 1. The lowest BCUT2D eigenvalue weighted by atomic mass is 9.77. The Bertz CT molecular complexity index is 636. The van der Waals surface area contributed by atoms with E-state index in [0.717, 1.165) is 5.47 Å². The highest BCUT2D eigenvalue weighted by atomic mass is 16.7. The number of imidazole rings is 1. The normalized spacial score (nSPS) is 19.6. The summed E-state index contributed by atoms with van der Waals surface area (Å²) in [6.07, 6.45) is 3.65. The fourth-order valence-corrected chi connectivity index (χ4v) is 2.43. The van der Waals surface area contributed by atoms with Crippen LogP contribution in [-0.4, -0.2) is 54.5 Å². The van der Waals surface area contributed by atoms with Gasteiger partial charge in [-0.25, -0.2) is 9.78 Å². The van der Waals surface area contributed by atoms with Crippen molar-refractivity contribution in [2.24, 2.45) is 7.05 Å². The second-order valence-electron chi connectivity index (χ2n) is 6.93. The summed E-state index contributed by atoms with van der Waals surface area (Å²) in [5.41, 5.74) is 0.737. The standard InChI is InChI=1S/C16H26BN3O4/c1-15(2)16(3,4)24-17(23-15)11(9-18-5)8-12-10-20(6)13(19-12)14(21)22-7/h8,10,18H,9H2,1-7H3. The minimum Gasteiger partial charge on any atom is -0.463 e. The summed E-state index contributed by atoms with van der Waals surface area (Å²) in [6, 6.07) is 0. The fourth-order valence-electron chi connectivity index (χ4n) is 2.43. The third-order valence-electron chi connectivity index (χ3n) is 4.53. The molecule has 0 atom stereocenters. The number of aryl methyl sites for hydroxylation is 1. The molecule has 0 aliphatic carbocycles. The van der Waals surface area contributed by atoms with Crippen LogP contribution in [0.3, 0.4) is 0 Å². The summed E-state index contributed by atoms with van der Waals surface area (Å²) < 4.78 is 18.6. The number of rotatable bonds is 5. The number of esters is 1. The maximum atomic E-state index is 11.7. The van der Waals surface area contributed by atoms with Gasteiger partial charge in [0.25, 0.3) is 0 Å². The summed E-state index contributed by atoms with van der Waals surface area (Å²) >= 11 is 0. The van der Waals surface area contributed by atoms with Crippen LogP contribution in [0.4, 0.5) is 0 Å². The maximum Gasteiger partial charge on any atom is 0.491 e. The number of carbonyl (C=O) groups is 1. The number of hydrogen-bond donors (Lipinski definition) is 1. The van der Waals surface area contributed by atoms with Gasteiger partial charge in [-0.15, -0.1) is 0 Å². The molecule has 132 valence electrons. The molecule has 1 aromatic rings. The molecule has 2 heterocycles. The van der Waals surface area contributed by atoms with Crippen molar-refractivity contribution in [3.63, 3.8) is 0 Å². The van der Waals surface area contributed by atoms with E-state index in [1.807, 2.05) is 40.8 Å². The lowest BCUT2D eigenvalue weighted by molar-refractivity contribution is 0.00578. The summed E-state index contributed by atoms with van der Waals surface area (Å²) in [5, 5.41) is 3.12. The van der Waals surface area contributed by atoms with Crippen molar-refractivity contribution < 1.29 is 18.8 Å². The van der Waals surface area contributed by atoms with Crippen LogP contribution in [0, 0.1) is 0 Å². The molecule has 24 heavy (non-hydrogen) atoms. The van der Waals surface area contributed by atoms with Gasteiger partial charge in [0.05, 0.1) is 24.0 Å². The van der Waals surface area contributed by atoms with Crippen LogP contribution in [0.2, 0.25) is 0 Å². The molecule has 0 bridgehead atoms. The molecule has 2 rings (SSSR count). The molecule has 1 aromatic heterocycles. The molecular formula is C16H26BN3O4. The highest BCUT2D eigenvalue weighted by Crippen LogP contribution is 2.38. The van der Waals surface area contributed by atoms with Crippen LogP contribution >= 0.6 is 0 Å². The Morgan fingerprint density at radius 2 is 1.96 bits per heavy atom. The van der Waals surface area contributed by atoms with Crippen LogP contribution in [0.15, 0.2) is 11.7 Å². The van der Waals surface area contributed by atoms with Gasteiger partial charge >= 0.3 is 13.1 Å². The molecular weight excluding hydrogens is 309 g/mol. The van der Waals surface area contributed by atoms with Crippen LogP contribution in [0.5, 0.6) is 0 Å². The van der Waals surface area contributed by atoms with Crippen molar-refractivity contribution >= 4 is 19.2 Å². The van der Waals surface area contributed by atoms with Crippen molar-refractivity contribution in [1.29, 1.82) is 0 Å². The zero-order valence-corrected chi connectivity index (χ0v) is 15.5. The first-order chi connectivity index (χ1) is 11.1. The molecule has 0 spiro atoms. The monoisotopic (exact) mass is 335 g/mol. The number of aromatic nitrogens is 2. The summed E-state index contributed by atoms with van der Waals surface area (Å²) in [4.78, 5) is 16.0. The Morgan fingerprint density at radius 1 is 1.38 bits per heavy atom. The second kappa shape index (κ2) is 6.70. The summed E-state index contributed by atoms with van der Waals surface area (Å²) in [6.45, 7) is 8.64. The molecule has 1 N–H and O–H groups in total. The maximum absolute atomic E-state index is 11.7. The Morgan fingerprint density at radius 3 is 2.46 bits per heavy atom. The van der Waals surface area contributed by atoms with Crippen LogP contribution < -0.4 is 5.32 Å². The third kappa shape index (κ3) is 3.55. The average molecular weight is 335 g/mol. The van der Waals surface area contributed by atoms with E-state index in [9.17, 15) is 4.79 Å². The second-order valence-corrected chi connectivity index (χ2v) is 6.93. The fraction of sp³-hybridized carbons (Fsp3) is 0.625. The van der Waals surface area contributed by atoms with E-state index in [2.05, 4.69) is 10.3 Å². The Kier molecular flexibility index (Phi) is 5.22. The van der Waals surface area contributed by atoms with E-state index in [1.165, 1.54) is 7.11 Å². The average Bonchev–Trinajstić information content (AvgIpc) is 2.95. The van der Waals surface area contributed by atoms with Gasteiger partial charge < -0.3 is 23.9 Å². The number of ether oxygens (including phenoxy) is 1. The molecule has 7 nitrogen and oxygen atoms in total. The van der Waals surface area contributed by atoms with Gasteiger partial charge in [-0.2, -0.15) is 0 Å². The third-order valence-corrected chi connectivity index (χ3v) is 4.53. The number of nitrogens with one attached hydrogen (secondary N) is 1. The molecule has 0 radical (unpaired) electrons. The van der Waals surface area contributed by atoms with Crippen LogP contribution in [0.25, 0.3) is 6.08 Å². The van der Waals surface area contributed by atoms with Gasteiger partial charge in [0.2, 0.25) is 5.82 Å². The lowest BCUT2D eigenvalue weighted by Gasteiger charge is -2.32. The SMILES string of the molecule is CNCC(=Cc1cn(C)c(C(=O)OC)n1)B1OC(C)(C)C(C)(C)O1. The smallest absolute Gasteiger partial charge is 0.463 e. The highest BCUT2D eigenvalue weighted by molar-refractivity contribution is 6.55. The van der Waals surface area contributed by atoms with Crippen molar-refractivity contribution in [3.8, 4) is 0 Å². The predicted octanol–water partition coefficient (Wildman–Crippen LogP) is 1.44. The van der Waals surface area contributed by atoms with Gasteiger partial charge in [-0.05, 0) is 46.3 Å². The first-order valence-corrected chi connectivity index (χ1v) is 7.93. The predicted molar refractivity (Wildman–Crippen MR) is 92.5 cm³/mol. The zero-order chi connectivity index (χ0) is 18.1. The van der Waals surface area contributed by atoms with Crippen molar-refractivity contribution in [1.82, 2.24) is 14.9 Å². The van der Waals surface area contributed by atoms with Gasteiger partial charge in [0.1, 0.15) is 0 Å². The Labute approximate surface area is 143 Å². The molecule has 0 unspecified atom stereocenters. The van der Waals surface area contributed by atoms with E-state index in [1.54, 1.807) is 17.8 Å². The number of methoxy groups -OCH3 is 1.